The van der Waals surface area contributed by atoms with Crippen LogP contribution in [0.25, 0.3) is 0 Å². The fourth-order valence-corrected chi connectivity index (χ4v) is 1.66. The topological polar surface area (TPSA) is 35.0 Å². The number of halogens is 1. The Morgan fingerprint density at radius 2 is 2.12 bits per heavy atom. The molecule has 0 aliphatic rings. The Labute approximate surface area is 103 Å². The molecule has 16 heavy (non-hydrogen) atoms. The molecule has 0 bridgehead atoms. The van der Waals surface area contributed by atoms with Crippen molar-refractivity contribution in [3.8, 4) is 11.6 Å². The molecule has 0 aliphatic heterocycles. The van der Waals surface area contributed by atoms with E-state index in [9.17, 15) is 0 Å². The second-order valence-corrected chi connectivity index (χ2v) is 4.18. The van der Waals surface area contributed by atoms with Gasteiger partial charge in [-0.25, -0.2) is 9.97 Å². The molecular weight excluding hydrogens is 268 g/mol. The number of nitrogens with zero attached hydrogens (tertiary/aromatic N) is 2. The normalized spacial score (nSPS) is 10.1. The molecule has 0 amide bonds. The summed E-state index contributed by atoms with van der Waals surface area (Å²) in [5, 5.41) is 0. The average Bonchev–Trinajstić information content (AvgIpc) is 2.29. The van der Waals surface area contributed by atoms with Gasteiger partial charge in [-0.3, -0.25) is 0 Å². The molecule has 1 heterocycles. The molecule has 1 aromatic carbocycles. The van der Waals surface area contributed by atoms with E-state index in [0.717, 1.165) is 22.3 Å². The lowest BCUT2D eigenvalue weighted by atomic mass is 10.3. The smallest absolute Gasteiger partial charge is 0.222 e. The molecule has 0 spiro atoms. The van der Waals surface area contributed by atoms with Gasteiger partial charge in [-0.05, 0) is 24.6 Å². The van der Waals surface area contributed by atoms with E-state index in [1.807, 2.05) is 37.3 Å². The van der Waals surface area contributed by atoms with Crippen LogP contribution in [0.2, 0.25) is 0 Å². The van der Waals surface area contributed by atoms with Crippen LogP contribution in [0.5, 0.6) is 11.6 Å². The molecule has 82 valence electrons. The number of rotatable bonds is 3. The molecule has 0 fully saturated rings. The highest BCUT2D eigenvalue weighted by Gasteiger charge is 2.00. The molecule has 0 saturated carbocycles. The molecule has 0 unspecified atom stereocenters. The summed E-state index contributed by atoms with van der Waals surface area (Å²) in [6, 6.07) is 9.50. The van der Waals surface area contributed by atoms with Gasteiger partial charge < -0.3 is 4.74 Å². The first-order valence-electron chi connectivity index (χ1n) is 5.02. The number of hydrogen-bond acceptors (Lipinski definition) is 3. The standard InChI is InChI=1S/C12H11BrN2O/c1-2-10-7-12(15-8-14-10)16-11-5-3-4-9(13)6-11/h3-8H,2H2,1H3. The van der Waals surface area contributed by atoms with Crippen LogP contribution in [-0.2, 0) is 6.42 Å². The third-order valence-corrected chi connectivity index (χ3v) is 2.57. The Bertz CT molecular complexity index is 488. The van der Waals surface area contributed by atoms with Crippen molar-refractivity contribution in [1.29, 1.82) is 0 Å². The van der Waals surface area contributed by atoms with Crippen molar-refractivity contribution in [3.05, 3.63) is 46.8 Å². The lowest BCUT2D eigenvalue weighted by Gasteiger charge is -2.05. The summed E-state index contributed by atoms with van der Waals surface area (Å²) in [6.07, 6.45) is 2.39. The van der Waals surface area contributed by atoms with Gasteiger partial charge in [-0.2, -0.15) is 0 Å². The van der Waals surface area contributed by atoms with Crippen LogP contribution in [0.3, 0.4) is 0 Å². The van der Waals surface area contributed by atoms with Crippen molar-refractivity contribution >= 4 is 15.9 Å². The lowest BCUT2D eigenvalue weighted by molar-refractivity contribution is 0.460. The van der Waals surface area contributed by atoms with Crippen LogP contribution in [0.15, 0.2) is 41.1 Å². The molecular formula is C12H11BrN2O. The molecule has 4 heteroatoms. The maximum atomic E-state index is 5.62. The summed E-state index contributed by atoms with van der Waals surface area (Å²) in [5.74, 6) is 1.33. The van der Waals surface area contributed by atoms with Crippen LogP contribution >= 0.6 is 15.9 Å². The van der Waals surface area contributed by atoms with E-state index >= 15 is 0 Å². The van der Waals surface area contributed by atoms with Gasteiger partial charge in [0.15, 0.2) is 0 Å². The minimum absolute atomic E-state index is 0.574. The first-order chi connectivity index (χ1) is 7.78. The number of ether oxygens (including phenoxy) is 1. The van der Waals surface area contributed by atoms with Gasteiger partial charge in [0, 0.05) is 16.2 Å². The van der Waals surface area contributed by atoms with E-state index in [4.69, 9.17) is 4.74 Å². The van der Waals surface area contributed by atoms with Crippen molar-refractivity contribution in [2.24, 2.45) is 0 Å². The van der Waals surface area contributed by atoms with E-state index < -0.39 is 0 Å². The summed E-state index contributed by atoms with van der Waals surface area (Å²) in [7, 11) is 0. The fourth-order valence-electron chi connectivity index (χ4n) is 1.28. The van der Waals surface area contributed by atoms with Crippen LogP contribution < -0.4 is 4.74 Å². The van der Waals surface area contributed by atoms with Gasteiger partial charge in [0.25, 0.3) is 0 Å². The summed E-state index contributed by atoms with van der Waals surface area (Å²) in [5.41, 5.74) is 0.972. The summed E-state index contributed by atoms with van der Waals surface area (Å²) in [4.78, 5) is 8.18. The molecule has 2 aromatic rings. The predicted octanol–water partition coefficient (Wildman–Crippen LogP) is 3.59. The first kappa shape index (κ1) is 11.1. The van der Waals surface area contributed by atoms with Crippen molar-refractivity contribution in [2.45, 2.75) is 13.3 Å². The van der Waals surface area contributed by atoms with Crippen molar-refractivity contribution in [2.75, 3.05) is 0 Å². The third-order valence-electron chi connectivity index (χ3n) is 2.08. The van der Waals surface area contributed by atoms with Crippen molar-refractivity contribution in [3.63, 3.8) is 0 Å². The van der Waals surface area contributed by atoms with Gasteiger partial charge in [0.2, 0.25) is 5.88 Å². The Kier molecular flexibility index (Phi) is 3.51. The lowest BCUT2D eigenvalue weighted by Crippen LogP contribution is -1.92. The third kappa shape index (κ3) is 2.79. The summed E-state index contributed by atoms with van der Waals surface area (Å²) >= 11 is 3.39. The van der Waals surface area contributed by atoms with E-state index in [0.29, 0.717) is 5.88 Å². The molecule has 0 aliphatic carbocycles. The second-order valence-electron chi connectivity index (χ2n) is 3.26. The Hall–Kier alpha value is -1.42. The van der Waals surface area contributed by atoms with E-state index in [1.165, 1.54) is 6.33 Å². The quantitative estimate of drug-likeness (QED) is 0.861. The van der Waals surface area contributed by atoms with Gasteiger partial charge >= 0.3 is 0 Å². The molecule has 0 radical (unpaired) electrons. The van der Waals surface area contributed by atoms with E-state index in [1.54, 1.807) is 0 Å². The minimum Gasteiger partial charge on any atom is -0.439 e. The highest BCUT2D eigenvalue weighted by Crippen LogP contribution is 2.22. The molecule has 1 aromatic heterocycles. The van der Waals surface area contributed by atoms with Crippen molar-refractivity contribution < 1.29 is 4.74 Å². The first-order valence-corrected chi connectivity index (χ1v) is 5.81. The van der Waals surface area contributed by atoms with Gasteiger partial charge in [0.05, 0.1) is 0 Å². The SMILES string of the molecule is CCc1cc(Oc2cccc(Br)c2)ncn1. The largest absolute Gasteiger partial charge is 0.439 e. The number of aryl methyl sites for hydroxylation is 1. The van der Waals surface area contributed by atoms with Gasteiger partial charge in [0.1, 0.15) is 12.1 Å². The van der Waals surface area contributed by atoms with Crippen LogP contribution in [-0.4, -0.2) is 9.97 Å². The van der Waals surface area contributed by atoms with Gasteiger partial charge in [-0.1, -0.05) is 28.9 Å². The van der Waals surface area contributed by atoms with Crippen LogP contribution in [0.4, 0.5) is 0 Å². The minimum atomic E-state index is 0.574. The Morgan fingerprint density at radius 1 is 1.25 bits per heavy atom. The van der Waals surface area contributed by atoms with Crippen molar-refractivity contribution in [1.82, 2.24) is 9.97 Å². The zero-order valence-electron chi connectivity index (χ0n) is 8.85. The maximum absolute atomic E-state index is 5.62. The molecule has 0 saturated heterocycles. The highest BCUT2D eigenvalue weighted by atomic mass is 79.9. The summed E-state index contributed by atoms with van der Waals surface area (Å²) in [6.45, 7) is 2.05. The molecule has 0 atom stereocenters. The maximum Gasteiger partial charge on any atom is 0.222 e. The predicted molar refractivity (Wildman–Crippen MR) is 65.6 cm³/mol. The summed E-state index contributed by atoms with van der Waals surface area (Å²) < 4.78 is 6.60. The van der Waals surface area contributed by atoms with Gasteiger partial charge in [-0.15, -0.1) is 0 Å². The second kappa shape index (κ2) is 5.07. The molecule has 0 N–H and O–H groups in total. The number of hydrogen-bond donors (Lipinski definition) is 0. The number of aromatic nitrogens is 2. The van der Waals surface area contributed by atoms with E-state index in [2.05, 4.69) is 25.9 Å². The zero-order chi connectivity index (χ0) is 11.4. The Balaban J connectivity index is 2.20. The van der Waals surface area contributed by atoms with Crippen LogP contribution in [0, 0.1) is 0 Å². The highest BCUT2D eigenvalue weighted by molar-refractivity contribution is 9.10. The monoisotopic (exact) mass is 278 g/mol. The molecule has 2 rings (SSSR count). The van der Waals surface area contributed by atoms with Crippen LogP contribution in [0.1, 0.15) is 12.6 Å². The fraction of sp³-hybridized carbons (Fsp3) is 0.167. The average molecular weight is 279 g/mol. The number of benzene rings is 1. The zero-order valence-corrected chi connectivity index (χ0v) is 10.4. The Morgan fingerprint density at radius 3 is 2.88 bits per heavy atom. The molecule has 3 nitrogen and oxygen atoms in total. The van der Waals surface area contributed by atoms with E-state index in [-0.39, 0.29) is 0 Å².